The third-order valence-corrected chi connectivity index (χ3v) is 3.14. The molecule has 0 fully saturated rings. The number of benzene rings is 1. The van der Waals surface area contributed by atoms with Gasteiger partial charge < -0.3 is 20.3 Å². The van der Waals surface area contributed by atoms with Gasteiger partial charge in [-0.3, -0.25) is 4.79 Å². The Bertz CT molecular complexity index is 666. The molecule has 1 amide bonds. The topological polar surface area (TPSA) is 103 Å². The molecule has 2 aromatic rings. The summed E-state index contributed by atoms with van der Waals surface area (Å²) in [5.41, 5.74) is 5.72. The molecule has 0 radical (unpaired) electrons. The van der Waals surface area contributed by atoms with Crippen LogP contribution in [0.4, 0.5) is 4.39 Å². The van der Waals surface area contributed by atoms with Crippen LogP contribution in [0.5, 0.6) is 5.75 Å². The Kier molecular flexibility index (Phi) is 7.60. The number of rotatable bonds is 7. The second kappa shape index (κ2) is 9.19. The van der Waals surface area contributed by atoms with Crippen LogP contribution in [0, 0.1) is 11.7 Å². The van der Waals surface area contributed by atoms with E-state index >= 15 is 0 Å². The summed E-state index contributed by atoms with van der Waals surface area (Å²) in [6.07, 6.45) is 0. The molecular weight excluding hydrogens is 339 g/mol. The Labute approximate surface area is 145 Å². The molecule has 1 aromatic heterocycles. The highest BCUT2D eigenvalue weighted by atomic mass is 35.5. The Balaban J connectivity index is 0.00000288. The highest BCUT2D eigenvalue weighted by Gasteiger charge is 2.17. The summed E-state index contributed by atoms with van der Waals surface area (Å²) < 4.78 is 23.6. The summed E-state index contributed by atoms with van der Waals surface area (Å²) in [5.74, 6) is -0.141. The fourth-order valence-corrected chi connectivity index (χ4v) is 1.71. The number of nitrogens with one attached hydrogen (secondary N) is 1. The molecule has 1 heterocycles. The van der Waals surface area contributed by atoms with E-state index in [0.29, 0.717) is 0 Å². The zero-order valence-corrected chi connectivity index (χ0v) is 14.2. The molecule has 9 heteroatoms. The first-order valence-electron chi connectivity index (χ1n) is 7.19. The molecule has 0 bridgehead atoms. The van der Waals surface area contributed by atoms with Crippen molar-refractivity contribution in [3.63, 3.8) is 0 Å². The Hall–Kier alpha value is -2.19. The normalized spacial score (nSPS) is 11.7. The minimum atomic E-state index is -0.596. The van der Waals surface area contributed by atoms with Crippen molar-refractivity contribution >= 4 is 18.3 Å². The number of para-hydroxylation sites is 1. The molecule has 0 aliphatic carbocycles. The van der Waals surface area contributed by atoms with Crippen LogP contribution in [0.3, 0.4) is 0 Å². The molecule has 3 N–H and O–H groups in total. The van der Waals surface area contributed by atoms with Crippen LogP contribution >= 0.6 is 12.4 Å². The van der Waals surface area contributed by atoms with E-state index in [1.807, 2.05) is 13.8 Å². The van der Waals surface area contributed by atoms with Crippen LogP contribution in [0.1, 0.15) is 25.6 Å². The Morgan fingerprint density at radius 1 is 1.42 bits per heavy atom. The quantitative estimate of drug-likeness (QED) is 0.782. The molecule has 1 atom stereocenters. The van der Waals surface area contributed by atoms with Gasteiger partial charge in [-0.2, -0.15) is 4.98 Å². The monoisotopic (exact) mass is 358 g/mol. The third-order valence-electron chi connectivity index (χ3n) is 3.14. The standard InChI is InChI=1S/C15H19FN4O3.ClH/c1-9(2)14(17)15(21)18-7-13-19-12(20-23-13)8-22-11-6-4-3-5-10(11)16;/h3-6,9,14H,7-8,17H2,1-2H3,(H,18,21);1H/t14-;/m0./s1. The van der Waals surface area contributed by atoms with Crippen molar-refractivity contribution in [2.45, 2.75) is 33.0 Å². The number of amides is 1. The van der Waals surface area contributed by atoms with E-state index in [4.69, 9.17) is 15.0 Å². The van der Waals surface area contributed by atoms with E-state index in [0.717, 1.165) is 0 Å². The summed E-state index contributed by atoms with van der Waals surface area (Å²) in [6.45, 7) is 3.75. The van der Waals surface area contributed by atoms with Crippen molar-refractivity contribution in [2.75, 3.05) is 0 Å². The van der Waals surface area contributed by atoms with Crippen molar-refractivity contribution in [3.05, 3.63) is 41.8 Å². The van der Waals surface area contributed by atoms with Crippen LogP contribution in [0.2, 0.25) is 0 Å². The van der Waals surface area contributed by atoms with Crippen molar-refractivity contribution in [2.24, 2.45) is 11.7 Å². The number of carbonyl (C=O) groups excluding carboxylic acids is 1. The summed E-state index contributed by atoms with van der Waals surface area (Å²) >= 11 is 0. The number of nitrogens with zero attached hydrogens (tertiary/aromatic N) is 2. The summed E-state index contributed by atoms with van der Waals surface area (Å²) in [7, 11) is 0. The van der Waals surface area contributed by atoms with Crippen molar-refractivity contribution in [1.82, 2.24) is 15.5 Å². The molecule has 0 aliphatic heterocycles. The lowest BCUT2D eigenvalue weighted by atomic mass is 10.1. The molecule has 2 rings (SSSR count). The highest BCUT2D eigenvalue weighted by molar-refractivity contribution is 5.85. The Morgan fingerprint density at radius 3 is 2.79 bits per heavy atom. The molecule has 24 heavy (non-hydrogen) atoms. The van der Waals surface area contributed by atoms with Crippen LogP contribution in [0.15, 0.2) is 28.8 Å². The van der Waals surface area contributed by atoms with Gasteiger partial charge in [0.25, 0.3) is 0 Å². The molecule has 7 nitrogen and oxygen atoms in total. The lowest BCUT2D eigenvalue weighted by molar-refractivity contribution is -0.123. The van der Waals surface area contributed by atoms with Crippen molar-refractivity contribution in [1.29, 1.82) is 0 Å². The van der Waals surface area contributed by atoms with E-state index in [1.54, 1.807) is 12.1 Å². The van der Waals surface area contributed by atoms with Gasteiger partial charge in [0, 0.05) is 0 Å². The minimum absolute atomic E-state index is 0. The smallest absolute Gasteiger partial charge is 0.246 e. The van der Waals surface area contributed by atoms with E-state index in [-0.39, 0.29) is 54.8 Å². The number of ether oxygens (including phenoxy) is 1. The lowest BCUT2D eigenvalue weighted by Gasteiger charge is -2.14. The summed E-state index contributed by atoms with van der Waals surface area (Å²) in [5, 5.41) is 6.32. The molecule has 1 aromatic carbocycles. The van der Waals surface area contributed by atoms with Gasteiger partial charge in [-0.05, 0) is 18.1 Å². The molecule has 0 saturated carbocycles. The van der Waals surface area contributed by atoms with Crippen molar-refractivity contribution in [3.8, 4) is 5.75 Å². The first kappa shape index (κ1) is 19.9. The average molecular weight is 359 g/mol. The fourth-order valence-electron chi connectivity index (χ4n) is 1.71. The first-order chi connectivity index (χ1) is 11.0. The number of carbonyl (C=O) groups is 1. The average Bonchev–Trinajstić information content (AvgIpc) is 2.99. The number of halogens is 2. The molecular formula is C15H20ClFN4O3. The molecule has 0 aliphatic rings. The van der Waals surface area contributed by atoms with Crippen molar-refractivity contribution < 1.29 is 18.4 Å². The van der Waals surface area contributed by atoms with Gasteiger partial charge in [-0.25, -0.2) is 4.39 Å². The van der Waals surface area contributed by atoms with Gasteiger partial charge in [0.1, 0.15) is 0 Å². The summed E-state index contributed by atoms with van der Waals surface area (Å²) in [4.78, 5) is 15.8. The number of hydrogen-bond acceptors (Lipinski definition) is 6. The van der Waals surface area contributed by atoms with Crippen LogP contribution in [0.25, 0.3) is 0 Å². The summed E-state index contributed by atoms with van der Waals surface area (Å²) in [6, 6.07) is 5.43. The van der Waals surface area contributed by atoms with Crippen LogP contribution < -0.4 is 15.8 Å². The molecule has 0 spiro atoms. The lowest BCUT2D eigenvalue weighted by Crippen LogP contribution is -2.43. The predicted octanol–water partition coefficient (Wildman–Crippen LogP) is 1.81. The predicted molar refractivity (Wildman–Crippen MR) is 86.9 cm³/mol. The van der Waals surface area contributed by atoms with Gasteiger partial charge in [0.05, 0.1) is 12.6 Å². The van der Waals surface area contributed by atoms with E-state index in [9.17, 15) is 9.18 Å². The number of hydrogen-bond donors (Lipinski definition) is 2. The third kappa shape index (κ3) is 5.47. The van der Waals surface area contributed by atoms with Crippen LogP contribution in [-0.4, -0.2) is 22.1 Å². The molecule has 132 valence electrons. The van der Waals surface area contributed by atoms with Gasteiger partial charge in [0.2, 0.25) is 17.6 Å². The second-order valence-electron chi connectivity index (χ2n) is 5.31. The maximum absolute atomic E-state index is 13.4. The second-order valence-corrected chi connectivity index (χ2v) is 5.31. The van der Waals surface area contributed by atoms with Crippen LogP contribution in [-0.2, 0) is 17.9 Å². The zero-order chi connectivity index (χ0) is 16.8. The number of aromatic nitrogens is 2. The Morgan fingerprint density at radius 2 is 2.12 bits per heavy atom. The number of nitrogens with two attached hydrogens (primary N) is 1. The van der Waals surface area contributed by atoms with Gasteiger partial charge in [0.15, 0.2) is 18.2 Å². The SMILES string of the molecule is CC(C)[C@H](N)C(=O)NCc1nc(COc2ccccc2F)no1.Cl. The zero-order valence-electron chi connectivity index (χ0n) is 13.4. The largest absolute Gasteiger partial charge is 0.482 e. The maximum atomic E-state index is 13.4. The first-order valence-corrected chi connectivity index (χ1v) is 7.19. The fraction of sp³-hybridized carbons (Fsp3) is 0.400. The van der Waals surface area contributed by atoms with Gasteiger partial charge in [-0.1, -0.05) is 31.1 Å². The molecule has 0 saturated heterocycles. The highest BCUT2D eigenvalue weighted by Crippen LogP contribution is 2.16. The van der Waals surface area contributed by atoms with Gasteiger partial charge in [-0.15, -0.1) is 12.4 Å². The van der Waals surface area contributed by atoms with E-state index in [2.05, 4.69) is 15.5 Å². The van der Waals surface area contributed by atoms with Gasteiger partial charge >= 0.3 is 0 Å². The maximum Gasteiger partial charge on any atom is 0.246 e. The van der Waals surface area contributed by atoms with E-state index < -0.39 is 11.9 Å². The minimum Gasteiger partial charge on any atom is -0.482 e. The molecule has 0 unspecified atom stereocenters. The van der Waals surface area contributed by atoms with E-state index in [1.165, 1.54) is 12.1 Å².